The fraction of sp³-hybridized carbons (Fsp3) is 0.571. The van der Waals surface area contributed by atoms with Crippen molar-refractivity contribution in [2.75, 3.05) is 12.1 Å². The van der Waals surface area contributed by atoms with Gasteiger partial charge in [0.05, 0.1) is 5.04 Å². The predicted molar refractivity (Wildman–Crippen MR) is 51.1 cm³/mol. The Labute approximate surface area is 71.6 Å². The number of halogens is 1. The lowest BCUT2D eigenvalue weighted by molar-refractivity contribution is 1.30. The minimum Gasteiger partial charge on any atom is -0.255 e. The average molecular weight is 178 g/mol. The number of thioether (sulfide) groups is 1. The van der Waals surface area contributed by atoms with Gasteiger partial charge in [-0.2, -0.15) is 0 Å². The van der Waals surface area contributed by atoms with E-state index >= 15 is 0 Å². The monoisotopic (exact) mass is 177 g/mol. The van der Waals surface area contributed by atoms with E-state index < -0.39 is 0 Å². The Balaban J connectivity index is 3.74. The van der Waals surface area contributed by atoms with Gasteiger partial charge in [0, 0.05) is 12.1 Å². The van der Waals surface area contributed by atoms with Gasteiger partial charge in [-0.05, 0) is 12.7 Å². The van der Waals surface area contributed by atoms with E-state index in [9.17, 15) is 0 Å². The number of alkyl halides is 1. The molecule has 0 aliphatic rings. The van der Waals surface area contributed by atoms with Crippen LogP contribution in [0.1, 0.15) is 13.3 Å². The molecule has 0 bridgehead atoms. The third-order valence-corrected chi connectivity index (χ3v) is 1.99. The first-order valence-electron chi connectivity index (χ1n) is 3.16. The van der Waals surface area contributed by atoms with Crippen molar-refractivity contribution in [2.45, 2.75) is 13.3 Å². The van der Waals surface area contributed by atoms with Crippen molar-refractivity contribution in [2.24, 2.45) is 4.99 Å². The maximum atomic E-state index is 5.41. The second-order valence-electron chi connectivity index (χ2n) is 1.62. The van der Waals surface area contributed by atoms with Gasteiger partial charge in [-0.15, -0.1) is 23.4 Å². The Morgan fingerprint density at radius 1 is 1.70 bits per heavy atom. The SMILES string of the molecule is CCC(=N/C=C/CCl)SC. The van der Waals surface area contributed by atoms with E-state index in [4.69, 9.17) is 11.6 Å². The molecule has 0 unspecified atom stereocenters. The fourth-order valence-electron chi connectivity index (χ4n) is 0.464. The maximum absolute atomic E-state index is 5.41. The molecule has 0 aromatic rings. The number of rotatable bonds is 3. The van der Waals surface area contributed by atoms with Gasteiger partial charge in [0.15, 0.2) is 0 Å². The molecule has 0 fully saturated rings. The van der Waals surface area contributed by atoms with Crippen molar-refractivity contribution < 1.29 is 0 Å². The topological polar surface area (TPSA) is 12.4 Å². The molecule has 1 nitrogen and oxygen atoms in total. The van der Waals surface area contributed by atoms with Gasteiger partial charge in [-0.3, -0.25) is 4.99 Å². The Bertz CT molecular complexity index is 126. The summed E-state index contributed by atoms with van der Waals surface area (Å²) in [5.41, 5.74) is 0. The van der Waals surface area contributed by atoms with Crippen molar-refractivity contribution >= 4 is 28.4 Å². The normalized spacial score (nSPS) is 12.9. The zero-order valence-electron chi connectivity index (χ0n) is 6.30. The lowest BCUT2D eigenvalue weighted by Crippen LogP contribution is -1.84. The van der Waals surface area contributed by atoms with Crippen LogP contribution in [0.2, 0.25) is 0 Å². The van der Waals surface area contributed by atoms with E-state index in [1.807, 2.05) is 12.3 Å². The molecule has 10 heavy (non-hydrogen) atoms. The summed E-state index contributed by atoms with van der Waals surface area (Å²) in [6.07, 6.45) is 6.60. The van der Waals surface area contributed by atoms with E-state index in [0.717, 1.165) is 11.5 Å². The molecule has 0 aromatic carbocycles. The smallest absolute Gasteiger partial charge is 0.0725 e. The van der Waals surface area contributed by atoms with Crippen LogP contribution in [0.3, 0.4) is 0 Å². The summed E-state index contributed by atoms with van der Waals surface area (Å²) in [5, 5.41) is 1.14. The van der Waals surface area contributed by atoms with Crippen LogP contribution in [-0.2, 0) is 0 Å². The molecule has 0 radical (unpaired) electrons. The van der Waals surface area contributed by atoms with E-state index in [-0.39, 0.29) is 0 Å². The minimum absolute atomic E-state index is 0.537. The summed E-state index contributed by atoms with van der Waals surface area (Å²) in [4.78, 5) is 4.17. The molecule has 0 atom stereocenters. The third-order valence-electron chi connectivity index (χ3n) is 0.951. The zero-order chi connectivity index (χ0) is 7.82. The van der Waals surface area contributed by atoms with Gasteiger partial charge in [-0.25, -0.2) is 0 Å². The molecule has 0 amide bonds. The molecule has 0 N–H and O–H groups in total. The number of nitrogens with zero attached hydrogens (tertiary/aromatic N) is 1. The first kappa shape index (κ1) is 10.0. The van der Waals surface area contributed by atoms with Crippen LogP contribution in [0.5, 0.6) is 0 Å². The summed E-state index contributed by atoms with van der Waals surface area (Å²) in [6, 6.07) is 0. The summed E-state index contributed by atoms with van der Waals surface area (Å²) >= 11 is 7.08. The Morgan fingerprint density at radius 3 is 2.80 bits per heavy atom. The van der Waals surface area contributed by atoms with Gasteiger partial charge >= 0.3 is 0 Å². The van der Waals surface area contributed by atoms with E-state index in [1.165, 1.54) is 0 Å². The lowest BCUT2D eigenvalue weighted by atomic mass is 10.5. The molecule has 0 saturated carbocycles. The summed E-state index contributed by atoms with van der Waals surface area (Å²) in [5.74, 6) is 0.537. The van der Waals surface area contributed by atoms with Crippen molar-refractivity contribution in [3.8, 4) is 0 Å². The second kappa shape index (κ2) is 7.16. The quantitative estimate of drug-likeness (QED) is 0.367. The first-order valence-corrected chi connectivity index (χ1v) is 4.92. The largest absolute Gasteiger partial charge is 0.255 e. The Kier molecular flexibility index (Phi) is 7.20. The Hall–Kier alpha value is 0.0500. The Morgan fingerprint density at radius 2 is 2.40 bits per heavy atom. The fourth-order valence-corrected chi connectivity index (χ4v) is 0.999. The van der Waals surface area contributed by atoms with Gasteiger partial charge in [0.1, 0.15) is 0 Å². The summed E-state index contributed by atoms with van der Waals surface area (Å²) < 4.78 is 0. The second-order valence-corrected chi connectivity index (χ2v) is 2.81. The molecule has 58 valence electrons. The van der Waals surface area contributed by atoms with Crippen LogP contribution in [0, 0.1) is 0 Å². The molecule has 0 spiro atoms. The van der Waals surface area contributed by atoms with Gasteiger partial charge in [0.25, 0.3) is 0 Å². The van der Waals surface area contributed by atoms with Gasteiger partial charge in [-0.1, -0.05) is 13.0 Å². The van der Waals surface area contributed by atoms with E-state index in [2.05, 4.69) is 11.9 Å². The van der Waals surface area contributed by atoms with Crippen LogP contribution in [0.4, 0.5) is 0 Å². The van der Waals surface area contributed by atoms with E-state index in [0.29, 0.717) is 5.88 Å². The van der Waals surface area contributed by atoms with E-state index in [1.54, 1.807) is 18.0 Å². The van der Waals surface area contributed by atoms with Gasteiger partial charge in [0.2, 0.25) is 0 Å². The third kappa shape index (κ3) is 4.89. The highest BCUT2D eigenvalue weighted by atomic mass is 35.5. The van der Waals surface area contributed by atoms with Crippen LogP contribution in [-0.4, -0.2) is 17.2 Å². The molecular formula is C7H12ClNS. The molecule has 0 saturated heterocycles. The highest BCUT2D eigenvalue weighted by Gasteiger charge is 1.87. The number of aliphatic imine (C=N–C) groups is 1. The molecule has 0 aliphatic heterocycles. The average Bonchev–Trinajstić information content (AvgIpc) is 1.99. The highest BCUT2D eigenvalue weighted by molar-refractivity contribution is 8.13. The first-order chi connectivity index (χ1) is 4.85. The lowest BCUT2D eigenvalue weighted by Gasteiger charge is -1.92. The van der Waals surface area contributed by atoms with Crippen molar-refractivity contribution in [3.05, 3.63) is 12.3 Å². The maximum Gasteiger partial charge on any atom is 0.0725 e. The summed E-state index contributed by atoms with van der Waals surface area (Å²) in [6.45, 7) is 2.09. The number of hydrogen-bond donors (Lipinski definition) is 0. The van der Waals surface area contributed by atoms with Crippen LogP contribution in [0.25, 0.3) is 0 Å². The van der Waals surface area contributed by atoms with Crippen molar-refractivity contribution in [1.82, 2.24) is 0 Å². The van der Waals surface area contributed by atoms with Crippen molar-refractivity contribution in [3.63, 3.8) is 0 Å². The van der Waals surface area contributed by atoms with Crippen LogP contribution < -0.4 is 0 Å². The zero-order valence-corrected chi connectivity index (χ0v) is 7.87. The van der Waals surface area contributed by atoms with Crippen LogP contribution in [0.15, 0.2) is 17.3 Å². The highest BCUT2D eigenvalue weighted by Crippen LogP contribution is 2.02. The number of hydrogen-bond acceptors (Lipinski definition) is 2. The molecule has 0 aromatic heterocycles. The predicted octanol–water partition coefficient (Wildman–Crippen LogP) is 2.91. The molecule has 3 heteroatoms. The standard InChI is InChI=1S/C7H12ClNS/c1-3-7(10-2)9-6-4-5-8/h4,6H,3,5H2,1-2H3/b6-4+,9-7?. The van der Waals surface area contributed by atoms with Crippen LogP contribution >= 0.6 is 23.4 Å². The van der Waals surface area contributed by atoms with Crippen molar-refractivity contribution in [1.29, 1.82) is 0 Å². The summed E-state index contributed by atoms with van der Waals surface area (Å²) in [7, 11) is 0. The number of allylic oxidation sites excluding steroid dienone is 1. The molecule has 0 heterocycles. The van der Waals surface area contributed by atoms with Gasteiger partial charge < -0.3 is 0 Å². The molecule has 0 aliphatic carbocycles. The minimum atomic E-state index is 0.537. The molecule has 0 rings (SSSR count). The molecular weight excluding hydrogens is 166 g/mol.